The lowest BCUT2D eigenvalue weighted by atomic mass is 9.99. The maximum atomic E-state index is 12.9. The van der Waals surface area contributed by atoms with Crippen LogP contribution in [0.15, 0.2) is 42.5 Å². The molecule has 3 amide bonds. The summed E-state index contributed by atoms with van der Waals surface area (Å²) in [6, 6.07) is 13.1. The summed E-state index contributed by atoms with van der Waals surface area (Å²) in [6.45, 7) is 11.3. The molecule has 1 atom stereocenters. The highest BCUT2D eigenvalue weighted by atomic mass is 16.6. The van der Waals surface area contributed by atoms with Crippen LogP contribution in [0, 0.1) is 0 Å². The second kappa shape index (κ2) is 11.3. The van der Waals surface area contributed by atoms with Crippen LogP contribution < -0.4 is 9.80 Å². The van der Waals surface area contributed by atoms with Crippen molar-refractivity contribution in [1.82, 2.24) is 9.80 Å². The van der Waals surface area contributed by atoms with Crippen LogP contribution in [0.2, 0.25) is 0 Å². The first-order valence-corrected chi connectivity index (χ1v) is 13.2. The zero-order chi connectivity index (χ0) is 26.7. The van der Waals surface area contributed by atoms with Crippen LogP contribution in [0.1, 0.15) is 50.9 Å². The monoisotopic (exact) mass is 506 g/mol. The molecule has 0 bridgehead atoms. The van der Waals surface area contributed by atoms with Gasteiger partial charge in [0.1, 0.15) is 0 Å². The van der Waals surface area contributed by atoms with Crippen molar-refractivity contribution in [3.05, 3.63) is 48.0 Å². The molecule has 4 rings (SSSR count). The molecule has 0 N–H and O–H groups in total. The van der Waals surface area contributed by atoms with Crippen molar-refractivity contribution in [3.63, 3.8) is 0 Å². The fourth-order valence-electron chi connectivity index (χ4n) is 5.15. The van der Waals surface area contributed by atoms with Gasteiger partial charge in [0, 0.05) is 39.2 Å². The minimum atomic E-state index is -0.429. The second-order valence-electron chi connectivity index (χ2n) is 10.3. The van der Waals surface area contributed by atoms with Crippen LogP contribution in [0.5, 0.6) is 0 Å². The number of benzene rings is 2. The van der Waals surface area contributed by atoms with Gasteiger partial charge in [-0.3, -0.25) is 14.5 Å². The second-order valence-corrected chi connectivity index (χ2v) is 10.3. The van der Waals surface area contributed by atoms with E-state index in [0.29, 0.717) is 30.0 Å². The van der Waals surface area contributed by atoms with E-state index in [9.17, 15) is 14.4 Å². The Morgan fingerprint density at radius 2 is 1.65 bits per heavy atom. The number of fused-ring (bicyclic) bond motifs is 1. The van der Waals surface area contributed by atoms with Gasteiger partial charge < -0.3 is 19.4 Å². The zero-order valence-electron chi connectivity index (χ0n) is 22.6. The van der Waals surface area contributed by atoms with E-state index in [1.807, 2.05) is 70.3 Å². The Hall–Kier alpha value is -3.39. The van der Waals surface area contributed by atoms with Gasteiger partial charge in [-0.2, -0.15) is 0 Å². The average molecular weight is 507 g/mol. The van der Waals surface area contributed by atoms with E-state index in [-0.39, 0.29) is 24.0 Å². The lowest BCUT2D eigenvalue weighted by molar-refractivity contribution is -0.117. The van der Waals surface area contributed by atoms with E-state index in [1.165, 1.54) is 19.8 Å². The Morgan fingerprint density at radius 3 is 2.27 bits per heavy atom. The highest BCUT2D eigenvalue weighted by Crippen LogP contribution is 2.39. The number of anilines is 2. The lowest BCUT2D eigenvalue weighted by Gasteiger charge is -2.40. The molecule has 0 saturated carbocycles. The Kier molecular flexibility index (Phi) is 8.17. The molecule has 2 aliphatic heterocycles. The normalized spacial score (nSPS) is 17.6. The summed E-state index contributed by atoms with van der Waals surface area (Å²) in [5.74, 6) is -0.0695. The summed E-state index contributed by atoms with van der Waals surface area (Å²) < 4.78 is 5.49. The SMILES string of the molecule is CC(=O)N1c2ccc(-c3ccc(C(=O)N(C)CCN4CCCC4)cc3)cc2N(C(=O)OC(C)C)C[C@@H]1C. The molecule has 37 heavy (non-hydrogen) atoms. The van der Waals surface area contributed by atoms with E-state index in [0.717, 1.165) is 30.8 Å². The molecule has 0 aromatic heterocycles. The molecule has 0 radical (unpaired) electrons. The van der Waals surface area contributed by atoms with Crippen molar-refractivity contribution in [2.45, 2.75) is 52.7 Å². The van der Waals surface area contributed by atoms with Crippen LogP contribution in [0.4, 0.5) is 16.2 Å². The molecule has 0 spiro atoms. The molecule has 0 unspecified atom stereocenters. The van der Waals surface area contributed by atoms with Gasteiger partial charge in [-0.1, -0.05) is 18.2 Å². The number of likely N-dealkylation sites (tertiary alicyclic amines) is 1. The third-order valence-corrected chi connectivity index (χ3v) is 7.07. The fourth-order valence-corrected chi connectivity index (χ4v) is 5.15. The van der Waals surface area contributed by atoms with Gasteiger partial charge in [-0.05, 0) is 82.1 Å². The molecule has 1 fully saturated rings. The van der Waals surface area contributed by atoms with Crippen LogP contribution in [0.3, 0.4) is 0 Å². The Labute approximate surface area is 219 Å². The number of carbonyl (C=O) groups is 3. The summed E-state index contributed by atoms with van der Waals surface area (Å²) in [6.07, 6.45) is 1.80. The quantitative estimate of drug-likeness (QED) is 0.571. The zero-order valence-corrected chi connectivity index (χ0v) is 22.6. The van der Waals surface area contributed by atoms with Crippen LogP contribution in [0.25, 0.3) is 11.1 Å². The third-order valence-electron chi connectivity index (χ3n) is 7.07. The number of hydrogen-bond acceptors (Lipinski definition) is 5. The first-order valence-electron chi connectivity index (χ1n) is 13.2. The van der Waals surface area contributed by atoms with E-state index in [2.05, 4.69) is 4.90 Å². The van der Waals surface area contributed by atoms with Gasteiger partial charge in [0.05, 0.1) is 23.5 Å². The van der Waals surface area contributed by atoms with Gasteiger partial charge in [0.2, 0.25) is 5.91 Å². The lowest BCUT2D eigenvalue weighted by Crippen LogP contribution is -2.51. The first kappa shape index (κ1) is 26.7. The molecule has 0 aliphatic carbocycles. The Bertz CT molecular complexity index is 1140. The van der Waals surface area contributed by atoms with Gasteiger partial charge in [-0.25, -0.2) is 4.79 Å². The molecule has 8 nitrogen and oxygen atoms in total. The molecular formula is C29H38N4O4. The molecule has 8 heteroatoms. The highest BCUT2D eigenvalue weighted by Gasteiger charge is 2.34. The Morgan fingerprint density at radius 1 is 1.00 bits per heavy atom. The van der Waals surface area contributed by atoms with Crippen molar-refractivity contribution in [1.29, 1.82) is 0 Å². The first-order chi connectivity index (χ1) is 17.7. The third kappa shape index (κ3) is 5.96. The van der Waals surface area contributed by atoms with E-state index in [1.54, 1.807) is 14.7 Å². The average Bonchev–Trinajstić information content (AvgIpc) is 3.39. The van der Waals surface area contributed by atoms with Crippen LogP contribution in [-0.4, -0.2) is 79.6 Å². The number of likely N-dealkylation sites (N-methyl/N-ethyl adjacent to an activating group) is 1. The van der Waals surface area contributed by atoms with Gasteiger partial charge in [0.25, 0.3) is 5.91 Å². The summed E-state index contributed by atoms with van der Waals surface area (Å²) in [5.41, 5.74) is 3.77. The maximum Gasteiger partial charge on any atom is 0.414 e. The number of amides is 3. The van der Waals surface area contributed by atoms with E-state index < -0.39 is 6.09 Å². The maximum absolute atomic E-state index is 12.9. The van der Waals surface area contributed by atoms with Crippen molar-refractivity contribution >= 4 is 29.3 Å². The standard InChI is InChI=1S/C29H38N4O4/c1-20(2)37-29(36)32-19-21(3)33(22(4)34)26-13-12-25(18-27(26)32)23-8-10-24(11-9-23)28(35)30(5)16-17-31-14-6-7-15-31/h8-13,18,20-21H,6-7,14-17,19H2,1-5H3/t21-/m0/s1. The van der Waals surface area contributed by atoms with Gasteiger partial charge >= 0.3 is 6.09 Å². The van der Waals surface area contributed by atoms with Crippen molar-refractivity contribution < 1.29 is 19.1 Å². The summed E-state index contributed by atoms with van der Waals surface area (Å²) in [5, 5.41) is 0. The number of rotatable bonds is 6. The molecule has 2 heterocycles. The van der Waals surface area contributed by atoms with Crippen molar-refractivity contribution in [2.75, 3.05) is 49.6 Å². The molecule has 1 saturated heterocycles. The largest absolute Gasteiger partial charge is 0.446 e. The molecule has 2 aliphatic rings. The van der Waals surface area contributed by atoms with Crippen LogP contribution >= 0.6 is 0 Å². The summed E-state index contributed by atoms with van der Waals surface area (Å²) in [4.78, 5) is 45.8. The number of nitrogens with zero attached hydrogens (tertiary/aromatic N) is 4. The minimum Gasteiger partial charge on any atom is -0.446 e. The molecule has 2 aromatic rings. The summed E-state index contributed by atoms with van der Waals surface area (Å²) in [7, 11) is 1.85. The van der Waals surface area contributed by atoms with Crippen LogP contribution in [-0.2, 0) is 9.53 Å². The smallest absolute Gasteiger partial charge is 0.414 e. The molecule has 2 aromatic carbocycles. The van der Waals surface area contributed by atoms with Gasteiger partial charge in [-0.15, -0.1) is 0 Å². The number of ether oxygens (including phenoxy) is 1. The molecular weight excluding hydrogens is 468 g/mol. The minimum absolute atomic E-state index is 0.00452. The van der Waals surface area contributed by atoms with E-state index in [4.69, 9.17) is 4.74 Å². The molecule has 198 valence electrons. The van der Waals surface area contributed by atoms with Gasteiger partial charge in [0.15, 0.2) is 0 Å². The number of hydrogen-bond donors (Lipinski definition) is 0. The van der Waals surface area contributed by atoms with Crippen molar-refractivity contribution in [2.24, 2.45) is 0 Å². The fraction of sp³-hybridized carbons (Fsp3) is 0.483. The summed E-state index contributed by atoms with van der Waals surface area (Å²) >= 11 is 0. The predicted molar refractivity (Wildman–Crippen MR) is 146 cm³/mol. The topological polar surface area (TPSA) is 73.4 Å². The Balaban J connectivity index is 1.56. The number of carbonyl (C=O) groups excluding carboxylic acids is 3. The van der Waals surface area contributed by atoms with Crippen molar-refractivity contribution in [3.8, 4) is 11.1 Å². The highest BCUT2D eigenvalue weighted by molar-refractivity contribution is 6.03. The predicted octanol–water partition coefficient (Wildman–Crippen LogP) is 4.63. The van der Waals surface area contributed by atoms with E-state index >= 15 is 0 Å².